The second-order valence-corrected chi connectivity index (χ2v) is 9.85. The fourth-order valence-electron chi connectivity index (χ4n) is 5.60. The summed E-state index contributed by atoms with van der Waals surface area (Å²) >= 11 is 6.25. The number of carboxylic acids is 1. The molecule has 0 saturated heterocycles. The molecule has 1 aliphatic carbocycles. The molecule has 1 aliphatic heterocycles. The summed E-state index contributed by atoms with van der Waals surface area (Å²) in [6, 6.07) is 14.7. The maximum atomic E-state index is 13.5. The van der Waals surface area contributed by atoms with E-state index in [4.69, 9.17) is 17.3 Å². The van der Waals surface area contributed by atoms with Gasteiger partial charge in [-0.15, -0.1) is 0 Å². The smallest absolute Gasteiger partial charge is 0.335 e. The molecule has 0 atom stereocenters. The van der Waals surface area contributed by atoms with Gasteiger partial charge in [-0.2, -0.15) is 0 Å². The molecule has 35 heavy (non-hydrogen) atoms. The lowest BCUT2D eigenvalue weighted by molar-refractivity contribution is 0.0567. The molecule has 0 radical (unpaired) electrons. The first-order valence-electron chi connectivity index (χ1n) is 11.9. The van der Waals surface area contributed by atoms with Crippen molar-refractivity contribution < 1.29 is 14.7 Å². The Labute approximate surface area is 209 Å². The largest absolute Gasteiger partial charge is 0.478 e. The van der Waals surface area contributed by atoms with Gasteiger partial charge in [-0.05, 0) is 61.9 Å². The zero-order valence-corrected chi connectivity index (χ0v) is 20.0. The monoisotopic (exact) mass is 490 g/mol. The highest BCUT2D eigenvalue weighted by Gasteiger charge is 2.40. The first kappa shape index (κ1) is 23.5. The number of hydrogen-bond acceptors (Lipinski definition) is 5. The van der Waals surface area contributed by atoms with Crippen LogP contribution in [0.3, 0.4) is 0 Å². The van der Waals surface area contributed by atoms with Gasteiger partial charge < -0.3 is 15.7 Å². The van der Waals surface area contributed by atoms with Crippen molar-refractivity contribution in [2.75, 3.05) is 13.1 Å². The molecule has 0 unspecified atom stereocenters. The molecule has 2 aliphatic rings. The molecule has 0 spiro atoms. The average molecular weight is 491 g/mol. The van der Waals surface area contributed by atoms with Gasteiger partial charge in [-0.1, -0.05) is 35.9 Å². The van der Waals surface area contributed by atoms with Gasteiger partial charge in [-0.25, -0.2) is 14.8 Å². The fraction of sp³-hybridized carbons (Fsp3) is 0.333. The van der Waals surface area contributed by atoms with E-state index < -0.39 is 5.97 Å². The number of hydrogen-bond donors (Lipinski definition) is 2. The highest BCUT2D eigenvalue weighted by Crippen LogP contribution is 2.41. The van der Waals surface area contributed by atoms with Crippen LogP contribution < -0.4 is 5.73 Å². The van der Waals surface area contributed by atoms with E-state index in [-0.39, 0.29) is 22.9 Å². The number of aromatic carboxylic acids is 1. The number of carbonyl (C=O) groups is 2. The third kappa shape index (κ3) is 4.30. The van der Waals surface area contributed by atoms with Crippen LogP contribution in [0.15, 0.2) is 54.9 Å². The van der Waals surface area contributed by atoms with Gasteiger partial charge in [0, 0.05) is 40.7 Å². The number of amides is 1. The Morgan fingerprint density at radius 3 is 2.57 bits per heavy atom. The summed E-state index contributed by atoms with van der Waals surface area (Å²) in [4.78, 5) is 35.6. The van der Waals surface area contributed by atoms with Crippen LogP contribution in [0.25, 0.3) is 11.3 Å². The van der Waals surface area contributed by atoms with E-state index in [0.717, 1.165) is 31.2 Å². The number of nitrogens with two attached hydrogens (primary N) is 1. The standard InChI is InChI=1S/C27H27ClN4O3/c28-20-6-2-5-19(14-20)27(15-29)10-7-21(8-11-27)32-12-9-22-23(30-16-31-24(22)25(32)33)17-3-1-4-18(13-17)26(34)35/h1-6,13-14,16,21H,7-12,15,29H2,(H,34,35). The lowest BCUT2D eigenvalue weighted by Gasteiger charge is -2.44. The van der Waals surface area contributed by atoms with Crippen LogP contribution >= 0.6 is 11.6 Å². The van der Waals surface area contributed by atoms with Crippen molar-refractivity contribution in [3.05, 3.63) is 82.3 Å². The van der Waals surface area contributed by atoms with Crippen LogP contribution in [0.1, 0.15) is 57.7 Å². The Morgan fingerprint density at radius 2 is 1.86 bits per heavy atom. The first-order valence-corrected chi connectivity index (χ1v) is 12.2. The van der Waals surface area contributed by atoms with Gasteiger partial charge in [0.25, 0.3) is 5.91 Å². The molecule has 3 N–H and O–H groups in total. The highest BCUT2D eigenvalue weighted by atomic mass is 35.5. The molecule has 1 fully saturated rings. The number of carboxylic acid groups (broad SMARTS) is 1. The van der Waals surface area contributed by atoms with Crippen molar-refractivity contribution in [1.82, 2.24) is 14.9 Å². The summed E-state index contributed by atoms with van der Waals surface area (Å²) in [5.74, 6) is -1.09. The predicted molar refractivity (Wildman–Crippen MR) is 134 cm³/mol. The molecule has 2 heterocycles. The zero-order chi connectivity index (χ0) is 24.6. The summed E-state index contributed by atoms with van der Waals surface area (Å²) in [5.41, 5.74) is 9.98. The van der Waals surface area contributed by atoms with Crippen molar-refractivity contribution in [3.8, 4) is 11.3 Å². The number of fused-ring (bicyclic) bond motifs is 1. The molecule has 2 aromatic carbocycles. The van der Waals surface area contributed by atoms with Gasteiger partial charge in [0.05, 0.1) is 11.3 Å². The van der Waals surface area contributed by atoms with E-state index in [1.54, 1.807) is 18.2 Å². The van der Waals surface area contributed by atoms with Gasteiger partial charge in [0.1, 0.15) is 12.0 Å². The average Bonchev–Trinajstić information content (AvgIpc) is 2.89. The summed E-state index contributed by atoms with van der Waals surface area (Å²) in [6.07, 6.45) is 5.53. The number of rotatable bonds is 5. The number of halogens is 1. The van der Waals surface area contributed by atoms with E-state index in [1.165, 1.54) is 11.9 Å². The van der Waals surface area contributed by atoms with Crippen LogP contribution in [-0.2, 0) is 11.8 Å². The summed E-state index contributed by atoms with van der Waals surface area (Å²) in [7, 11) is 0. The van der Waals surface area contributed by atoms with Crippen molar-refractivity contribution in [1.29, 1.82) is 0 Å². The lowest BCUT2D eigenvalue weighted by atomic mass is 9.68. The molecular weight excluding hydrogens is 464 g/mol. The molecule has 5 rings (SSSR count). The van der Waals surface area contributed by atoms with E-state index in [9.17, 15) is 14.7 Å². The van der Waals surface area contributed by atoms with E-state index in [2.05, 4.69) is 16.0 Å². The third-order valence-corrected chi connectivity index (χ3v) is 7.81. The molecule has 1 aromatic heterocycles. The Balaban J connectivity index is 1.37. The maximum Gasteiger partial charge on any atom is 0.335 e. The van der Waals surface area contributed by atoms with Gasteiger partial charge in [-0.3, -0.25) is 4.79 Å². The normalized spacial score (nSPS) is 22.1. The minimum Gasteiger partial charge on any atom is -0.478 e. The molecule has 0 bridgehead atoms. The minimum absolute atomic E-state index is 0.0858. The predicted octanol–water partition coefficient (Wildman–Crippen LogP) is 4.33. The zero-order valence-electron chi connectivity index (χ0n) is 19.3. The fourth-order valence-corrected chi connectivity index (χ4v) is 5.79. The summed E-state index contributed by atoms with van der Waals surface area (Å²) < 4.78 is 0. The Hall–Kier alpha value is -3.29. The van der Waals surface area contributed by atoms with E-state index in [0.29, 0.717) is 41.5 Å². The van der Waals surface area contributed by atoms with Crippen molar-refractivity contribution in [3.63, 3.8) is 0 Å². The summed E-state index contributed by atoms with van der Waals surface area (Å²) in [5, 5.41) is 10.1. The molecule has 8 heteroatoms. The number of benzene rings is 2. The Morgan fingerprint density at radius 1 is 1.11 bits per heavy atom. The van der Waals surface area contributed by atoms with Crippen LogP contribution in [0.4, 0.5) is 0 Å². The first-order chi connectivity index (χ1) is 16.9. The van der Waals surface area contributed by atoms with Gasteiger partial charge >= 0.3 is 5.97 Å². The van der Waals surface area contributed by atoms with Gasteiger partial charge in [0.15, 0.2) is 0 Å². The Kier molecular flexibility index (Phi) is 6.30. The number of nitrogens with zero attached hydrogens (tertiary/aromatic N) is 3. The molecule has 180 valence electrons. The summed E-state index contributed by atoms with van der Waals surface area (Å²) in [6.45, 7) is 1.13. The Bertz CT molecular complexity index is 1290. The maximum absolute atomic E-state index is 13.5. The minimum atomic E-state index is -0.999. The second-order valence-electron chi connectivity index (χ2n) is 9.41. The quantitative estimate of drug-likeness (QED) is 0.550. The molecule has 7 nitrogen and oxygen atoms in total. The topological polar surface area (TPSA) is 109 Å². The molecular formula is C27H27ClN4O3. The van der Waals surface area contributed by atoms with Crippen molar-refractivity contribution in [2.45, 2.75) is 43.6 Å². The second kappa shape index (κ2) is 9.40. The molecule has 1 saturated carbocycles. The number of aromatic nitrogens is 2. The SMILES string of the molecule is NCC1(c2cccc(Cl)c2)CCC(N2CCc3c(ncnc3-c3cccc(C(=O)O)c3)C2=O)CC1. The van der Waals surface area contributed by atoms with Crippen LogP contribution in [0.5, 0.6) is 0 Å². The van der Waals surface area contributed by atoms with Crippen LogP contribution in [0, 0.1) is 0 Å². The van der Waals surface area contributed by atoms with Gasteiger partial charge in [0.2, 0.25) is 0 Å². The highest BCUT2D eigenvalue weighted by molar-refractivity contribution is 6.30. The van der Waals surface area contributed by atoms with Crippen LogP contribution in [0.2, 0.25) is 5.02 Å². The van der Waals surface area contributed by atoms with Crippen LogP contribution in [-0.4, -0.2) is 51.0 Å². The molecule has 3 aromatic rings. The van der Waals surface area contributed by atoms with E-state index >= 15 is 0 Å². The van der Waals surface area contributed by atoms with E-state index in [1.807, 2.05) is 29.2 Å². The molecule has 1 amide bonds. The lowest BCUT2D eigenvalue weighted by Crippen LogP contribution is -2.50. The number of carbonyl (C=O) groups excluding carboxylic acids is 1. The third-order valence-electron chi connectivity index (χ3n) is 7.58. The van der Waals surface area contributed by atoms with Crippen molar-refractivity contribution in [2.24, 2.45) is 5.73 Å². The van der Waals surface area contributed by atoms with Crippen molar-refractivity contribution >= 4 is 23.5 Å².